The summed E-state index contributed by atoms with van der Waals surface area (Å²) < 4.78 is 25.1. The molecule has 1 atom stereocenters. The SMILES string of the molecule is CC(Nc1cc(-c2cnc(NC(=O)C3CCC3)cn2)cnc1C#N)C(=O)N(C)CC(F)F. The summed E-state index contributed by atoms with van der Waals surface area (Å²) in [7, 11) is 1.29. The molecular formula is C21H23F2N7O2. The molecule has 0 spiro atoms. The van der Waals surface area contributed by atoms with Crippen LogP contribution in [0.25, 0.3) is 11.3 Å². The van der Waals surface area contributed by atoms with E-state index >= 15 is 0 Å². The number of hydrogen-bond acceptors (Lipinski definition) is 7. The number of alkyl halides is 2. The van der Waals surface area contributed by atoms with Crippen LogP contribution in [-0.2, 0) is 9.59 Å². The molecule has 9 nitrogen and oxygen atoms in total. The van der Waals surface area contributed by atoms with Gasteiger partial charge < -0.3 is 15.5 Å². The molecule has 2 aromatic heterocycles. The first-order valence-electron chi connectivity index (χ1n) is 10.1. The van der Waals surface area contributed by atoms with E-state index in [-0.39, 0.29) is 23.2 Å². The van der Waals surface area contributed by atoms with Crippen molar-refractivity contribution in [1.29, 1.82) is 5.26 Å². The summed E-state index contributed by atoms with van der Waals surface area (Å²) in [6.07, 6.45) is 4.51. The van der Waals surface area contributed by atoms with Gasteiger partial charge in [0.25, 0.3) is 6.43 Å². The van der Waals surface area contributed by atoms with Crippen molar-refractivity contribution in [3.63, 3.8) is 0 Å². The first kappa shape index (κ1) is 23.0. The molecule has 0 bridgehead atoms. The van der Waals surface area contributed by atoms with Crippen LogP contribution in [-0.4, -0.2) is 57.7 Å². The normalized spacial score (nSPS) is 14.2. The number of pyridine rings is 1. The highest BCUT2D eigenvalue weighted by molar-refractivity contribution is 5.92. The summed E-state index contributed by atoms with van der Waals surface area (Å²) in [6.45, 7) is 0.824. The van der Waals surface area contributed by atoms with Gasteiger partial charge in [-0.1, -0.05) is 6.42 Å². The Balaban J connectivity index is 1.73. The largest absolute Gasteiger partial charge is 0.372 e. The Morgan fingerprint density at radius 2 is 2.00 bits per heavy atom. The highest BCUT2D eigenvalue weighted by Crippen LogP contribution is 2.27. The second-order valence-corrected chi connectivity index (χ2v) is 7.61. The van der Waals surface area contributed by atoms with Crippen LogP contribution in [0.2, 0.25) is 0 Å². The highest BCUT2D eigenvalue weighted by atomic mass is 19.3. The molecule has 11 heteroatoms. The van der Waals surface area contributed by atoms with Crippen LogP contribution in [0.1, 0.15) is 31.9 Å². The lowest BCUT2D eigenvalue weighted by molar-refractivity contribution is -0.132. The van der Waals surface area contributed by atoms with Crippen molar-refractivity contribution < 1.29 is 18.4 Å². The van der Waals surface area contributed by atoms with Crippen molar-refractivity contribution in [1.82, 2.24) is 19.9 Å². The summed E-state index contributed by atoms with van der Waals surface area (Å²) in [5.74, 6) is -0.254. The number of halogens is 2. The summed E-state index contributed by atoms with van der Waals surface area (Å²) in [5.41, 5.74) is 1.28. The van der Waals surface area contributed by atoms with E-state index in [4.69, 9.17) is 0 Å². The molecule has 0 aliphatic heterocycles. The predicted octanol–water partition coefficient (Wildman–Crippen LogP) is 2.67. The monoisotopic (exact) mass is 443 g/mol. The number of aromatic nitrogens is 3. The minimum Gasteiger partial charge on any atom is -0.372 e. The molecular weight excluding hydrogens is 420 g/mol. The summed E-state index contributed by atoms with van der Waals surface area (Å²) in [5, 5.41) is 14.9. The van der Waals surface area contributed by atoms with E-state index in [1.54, 1.807) is 6.07 Å². The topological polar surface area (TPSA) is 124 Å². The average Bonchev–Trinajstić information content (AvgIpc) is 2.71. The molecule has 1 aliphatic rings. The summed E-state index contributed by atoms with van der Waals surface area (Å²) >= 11 is 0. The molecule has 0 saturated heterocycles. The number of nitrogens with zero attached hydrogens (tertiary/aromatic N) is 5. The Kier molecular flexibility index (Phi) is 7.25. The lowest BCUT2D eigenvalue weighted by atomic mass is 9.85. The van der Waals surface area contributed by atoms with Gasteiger partial charge in [0.1, 0.15) is 12.1 Å². The van der Waals surface area contributed by atoms with Gasteiger partial charge in [0, 0.05) is 24.7 Å². The van der Waals surface area contributed by atoms with Gasteiger partial charge in [-0.05, 0) is 25.8 Å². The number of nitriles is 1. The zero-order chi connectivity index (χ0) is 23.3. The molecule has 1 unspecified atom stereocenters. The lowest BCUT2D eigenvalue weighted by Gasteiger charge is -2.23. The van der Waals surface area contributed by atoms with Crippen molar-refractivity contribution >= 4 is 23.3 Å². The number of carbonyl (C=O) groups excluding carboxylic acids is 2. The maximum atomic E-state index is 12.6. The Bertz CT molecular complexity index is 1020. The van der Waals surface area contributed by atoms with Crippen LogP contribution >= 0.6 is 0 Å². The highest BCUT2D eigenvalue weighted by Gasteiger charge is 2.25. The number of carbonyl (C=O) groups is 2. The van der Waals surface area contributed by atoms with Crippen LogP contribution in [0, 0.1) is 17.2 Å². The van der Waals surface area contributed by atoms with Gasteiger partial charge in [-0.3, -0.25) is 14.6 Å². The number of nitrogens with one attached hydrogen (secondary N) is 2. The zero-order valence-electron chi connectivity index (χ0n) is 17.7. The molecule has 0 aromatic carbocycles. The fraction of sp³-hybridized carbons (Fsp3) is 0.429. The first-order valence-corrected chi connectivity index (χ1v) is 10.1. The molecule has 1 fully saturated rings. The third-order valence-corrected chi connectivity index (χ3v) is 5.20. The van der Waals surface area contributed by atoms with E-state index in [2.05, 4.69) is 25.6 Å². The van der Waals surface area contributed by atoms with Crippen LogP contribution in [0.4, 0.5) is 20.3 Å². The average molecular weight is 443 g/mol. The predicted molar refractivity (Wildman–Crippen MR) is 113 cm³/mol. The maximum Gasteiger partial charge on any atom is 0.255 e. The lowest BCUT2D eigenvalue weighted by Crippen LogP contribution is -2.41. The molecule has 2 aromatic rings. The Morgan fingerprint density at radius 1 is 1.25 bits per heavy atom. The Labute approximate surface area is 183 Å². The van der Waals surface area contributed by atoms with Crippen molar-refractivity contribution in [2.45, 2.75) is 38.7 Å². The van der Waals surface area contributed by atoms with Crippen LogP contribution in [0.5, 0.6) is 0 Å². The minimum atomic E-state index is -2.64. The molecule has 2 N–H and O–H groups in total. The van der Waals surface area contributed by atoms with Gasteiger partial charge >= 0.3 is 0 Å². The van der Waals surface area contributed by atoms with Gasteiger partial charge in [-0.2, -0.15) is 5.26 Å². The van der Waals surface area contributed by atoms with Crippen molar-refractivity contribution in [2.24, 2.45) is 5.92 Å². The van der Waals surface area contributed by atoms with E-state index in [0.717, 1.165) is 24.2 Å². The van der Waals surface area contributed by atoms with Crippen molar-refractivity contribution in [3.8, 4) is 17.3 Å². The summed E-state index contributed by atoms with van der Waals surface area (Å²) in [4.78, 5) is 37.8. The third kappa shape index (κ3) is 5.51. The number of amides is 2. The van der Waals surface area contributed by atoms with Crippen LogP contribution < -0.4 is 10.6 Å². The molecule has 0 radical (unpaired) electrons. The number of hydrogen-bond donors (Lipinski definition) is 2. The Morgan fingerprint density at radius 3 is 2.56 bits per heavy atom. The second-order valence-electron chi connectivity index (χ2n) is 7.61. The van der Waals surface area contributed by atoms with E-state index in [0.29, 0.717) is 17.1 Å². The van der Waals surface area contributed by atoms with E-state index in [1.165, 1.54) is 32.6 Å². The molecule has 32 heavy (non-hydrogen) atoms. The maximum absolute atomic E-state index is 12.6. The van der Waals surface area contributed by atoms with Gasteiger partial charge in [0.2, 0.25) is 11.8 Å². The van der Waals surface area contributed by atoms with Gasteiger partial charge in [0.15, 0.2) is 11.5 Å². The minimum absolute atomic E-state index is 0.0253. The van der Waals surface area contributed by atoms with Crippen LogP contribution in [0.15, 0.2) is 24.7 Å². The summed E-state index contributed by atoms with van der Waals surface area (Å²) in [6, 6.07) is 2.65. The fourth-order valence-electron chi connectivity index (χ4n) is 3.17. The molecule has 2 heterocycles. The van der Waals surface area contributed by atoms with Gasteiger partial charge in [0.05, 0.1) is 30.3 Å². The standard InChI is InChI=1S/C21H23F2N7O2/c1-12(21(32)30(2)11-18(22)23)28-15-6-14(8-25-16(15)7-24)17-9-27-19(10-26-17)29-20(31)13-4-3-5-13/h6,8-10,12-13,18,28H,3-5,11H2,1-2H3,(H,27,29,31). The van der Waals surface area contributed by atoms with Gasteiger partial charge in [-0.25, -0.2) is 18.7 Å². The molecule has 2 amide bonds. The van der Waals surface area contributed by atoms with Crippen molar-refractivity contribution in [2.75, 3.05) is 24.2 Å². The molecule has 3 rings (SSSR count). The third-order valence-electron chi connectivity index (χ3n) is 5.20. The van der Waals surface area contributed by atoms with E-state index in [1.807, 2.05) is 6.07 Å². The van der Waals surface area contributed by atoms with Crippen molar-refractivity contribution in [3.05, 3.63) is 30.4 Å². The second kappa shape index (κ2) is 10.1. The number of anilines is 2. The fourth-order valence-corrected chi connectivity index (χ4v) is 3.17. The van der Waals surface area contributed by atoms with E-state index < -0.39 is 24.9 Å². The Hall–Kier alpha value is -3.68. The zero-order valence-corrected chi connectivity index (χ0v) is 17.7. The first-order chi connectivity index (χ1) is 15.3. The van der Waals surface area contributed by atoms with Gasteiger partial charge in [-0.15, -0.1) is 0 Å². The number of rotatable bonds is 8. The van der Waals surface area contributed by atoms with E-state index in [9.17, 15) is 23.6 Å². The molecule has 168 valence electrons. The quantitative estimate of drug-likeness (QED) is 0.643. The smallest absolute Gasteiger partial charge is 0.255 e. The van der Waals surface area contributed by atoms with Crippen LogP contribution in [0.3, 0.4) is 0 Å². The molecule has 1 saturated carbocycles. The molecule has 1 aliphatic carbocycles. The number of likely N-dealkylation sites (N-methyl/N-ethyl adjacent to an activating group) is 1.